The average molecular weight is 357 g/mol. The van der Waals surface area contributed by atoms with Crippen LogP contribution in [0.3, 0.4) is 0 Å². The number of likely N-dealkylation sites (tertiary alicyclic amines) is 1. The van der Waals surface area contributed by atoms with Crippen molar-refractivity contribution in [3.63, 3.8) is 0 Å². The highest BCUT2D eigenvalue weighted by Crippen LogP contribution is 2.31. The lowest BCUT2D eigenvalue weighted by Crippen LogP contribution is -2.40. The van der Waals surface area contributed by atoms with Crippen LogP contribution in [0.15, 0.2) is 29.3 Å². The van der Waals surface area contributed by atoms with Gasteiger partial charge in [0.25, 0.3) is 0 Å². The summed E-state index contributed by atoms with van der Waals surface area (Å²) >= 11 is 0. The van der Waals surface area contributed by atoms with Crippen LogP contribution < -0.4 is 15.4 Å². The third kappa shape index (κ3) is 4.91. The van der Waals surface area contributed by atoms with Gasteiger partial charge in [-0.25, -0.2) is 0 Å². The number of para-hydroxylation sites is 1. The number of hydrogen-bond donors (Lipinski definition) is 2. The largest absolute Gasteiger partial charge is 0.493 e. The number of nitrogens with one attached hydrogen (secondary N) is 2. The molecule has 5 heteroatoms. The summed E-state index contributed by atoms with van der Waals surface area (Å²) in [5.41, 5.74) is 1.19. The van der Waals surface area contributed by atoms with Crippen molar-refractivity contribution in [1.82, 2.24) is 15.5 Å². The molecule has 5 nitrogen and oxygen atoms in total. The molecule has 1 unspecified atom stereocenters. The van der Waals surface area contributed by atoms with E-state index in [1.54, 1.807) is 0 Å². The molecule has 1 saturated heterocycles. The molecule has 0 bridgehead atoms. The van der Waals surface area contributed by atoms with Crippen LogP contribution in [-0.4, -0.2) is 50.2 Å². The first-order chi connectivity index (χ1) is 12.8. The van der Waals surface area contributed by atoms with Crippen molar-refractivity contribution in [2.24, 2.45) is 16.8 Å². The molecule has 1 aliphatic heterocycles. The Morgan fingerprint density at radius 3 is 2.73 bits per heavy atom. The maximum Gasteiger partial charge on any atom is 0.191 e. The van der Waals surface area contributed by atoms with Crippen LogP contribution in [0.2, 0.25) is 0 Å². The molecule has 1 aromatic rings. The van der Waals surface area contributed by atoms with Crippen molar-refractivity contribution in [2.45, 2.75) is 44.7 Å². The normalized spacial score (nSPS) is 23.9. The van der Waals surface area contributed by atoms with Crippen LogP contribution >= 0.6 is 0 Å². The number of rotatable bonds is 8. The standard InChI is InChI=1S/C21H32N4O/c1-22-21(23-12-17-10-11-25(14-17)19-8-9-19)24-13-18-4-2-3-5-20(18)26-15-16-6-7-16/h2-5,16-17,19H,6-15H2,1H3,(H2,22,23,24). The average Bonchev–Trinajstić information content (AvgIpc) is 3.60. The van der Waals surface area contributed by atoms with E-state index in [2.05, 4.69) is 38.7 Å². The Labute approximate surface area is 157 Å². The molecule has 0 radical (unpaired) electrons. The third-order valence-corrected chi connectivity index (χ3v) is 5.75. The second kappa shape index (κ2) is 8.30. The van der Waals surface area contributed by atoms with Gasteiger partial charge >= 0.3 is 0 Å². The van der Waals surface area contributed by atoms with Crippen molar-refractivity contribution < 1.29 is 4.74 Å². The predicted molar refractivity (Wildman–Crippen MR) is 106 cm³/mol. The Morgan fingerprint density at radius 1 is 1.12 bits per heavy atom. The first kappa shape index (κ1) is 17.7. The fourth-order valence-electron chi connectivity index (χ4n) is 3.72. The molecule has 1 heterocycles. The van der Waals surface area contributed by atoms with E-state index in [1.165, 1.54) is 50.8 Å². The number of aliphatic imine (C=N–C) groups is 1. The fourth-order valence-corrected chi connectivity index (χ4v) is 3.72. The smallest absolute Gasteiger partial charge is 0.191 e. The summed E-state index contributed by atoms with van der Waals surface area (Å²) in [6, 6.07) is 9.21. The molecule has 0 amide bonds. The fraction of sp³-hybridized carbons (Fsp3) is 0.667. The molecule has 3 aliphatic rings. The van der Waals surface area contributed by atoms with E-state index in [-0.39, 0.29) is 0 Å². The second-order valence-corrected chi connectivity index (χ2v) is 8.05. The van der Waals surface area contributed by atoms with E-state index in [9.17, 15) is 0 Å². The zero-order chi connectivity index (χ0) is 17.8. The van der Waals surface area contributed by atoms with E-state index in [1.807, 2.05) is 13.1 Å². The molecular formula is C21H32N4O. The lowest BCUT2D eigenvalue weighted by atomic mass is 10.1. The maximum atomic E-state index is 6.00. The minimum absolute atomic E-state index is 0.735. The van der Waals surface area contributed by atoms with E-state index < -0.39 is 0 Å². The molecule has 3 fully saturated rings. The Morgan fingerprint density at radius 2 is 1.96 bits per heavy atom. The summed E-state index contributed by atoms with van der Waals surface area (Å²) in [6.45, 7) is 5.10. The Kier molecular flexibility index (Phi) is 5.63. The lowest BCUT2D eigenvalue weighted by Gasteiger charge is -2.18. The highest BCUT2D eigenvalue weighted by Gasteiger charge is 2.34. The van der Waals surface area contributed by atoms with E-state index in [4.69, 9.17) is 4.74 Å². The van der Waals surface area contributed by atoms with Gasteiger partial charge in [-0.3, -0.25) is 4.99 Å². The van der Waals surface area contributed by atoms with Crippen molar-refractivity contribution in [2.75, 3.05) is 33.3 Å². The van der Waals surface area contributed by atoms with Crippen LogP contribution in [0.25, 0.3) is 0 Å². The number of guanidine groups is 1. The minimum Gasteiger partial charge on any atom is -0.493 e. The molecule has 2 N–H and O–H groups in total. The Balaban J connectivity index is 1.22. The molecule has 4 rings (SSSR count). The van der Waals surface area contributed by atoms with Gasteiger partial charge < -0.3 is 20.3 Å². The quantitative estimate of drug-likeness (QED) is 0.555. The van der Waals surface area contributed by atoms with Gasteiger partial charge in [0.05, 0.1) is 6.61 Å². The molecule has 0 spiro atoms. The highest BCUT2D eigenvalue weighted by molar-refractivity contribution is 5.79. The van der Waals surface area contributed by atoms with Gasteiger partial charge in [-0.05, 0) is 56.6 Å². The highest BCUT2D eigenvalue weighted by atomic mass is 16.5. The summed E-state index contributed by atoms with van der Waals surface area (Å²) in [7, 11) is 1.84. The van der Waals surface area contributed by atoms with Gasteiger partial charge in [-0.2, -0.15) is 0 Å². The summed E-state index contributed by atoms with van der Waals surface area (Å²) in [5.74, 6) is 3.39. The van der Waals surface area contributed by atoms with Crippen LogP contribution in [0.1, 0.15) is 37.7 Å². The molecule has 1 atom stereocenters. The summed E-state index contributed by atoms with van der Waals surface area (Å²) in [4.78, 5) is 7.05. The molecule has 142 valence electrons. The van der Waals surface area contributed by atoms with E-state index in [0.717, 1.165) is 49.3 Å². The topological polar surface area (TPSA) is 48.9 Å². The van der Waals surface area contributed by atoms with Crippen LogP contribution in [0.4, 0.5) is 0 Å². The van der Waals surface area contributed by atoms with Gasteiger partial charge in [-0.1, -0.05) is 18.2 Å². The van der Waals surface area contributed by atoms with Crippen LogP contribution in [0.5, 0.6) is 5.75 Å². The molecule has 0 aromatic heterocycles. The molecule has 2 aliphatic carbocycles. The minimum atomic E-state index is 0.735. The zero-order valence-electron chi connectivity index (χ0n) is 15.9. The second-order valence-electron chi connectivity index (χ2n) is 8.05. The molecule has 2 saturated carbocycles. The van der Waals surface area contributed by atoms with Gasteiger partial charge in [0.15, 0.2) is 5.96 Å². The van der Waals surface area contributed by atoms with E-state index in [0.29, 0.717) is 0 Å². The first-order valence-electron chi connectivity index (χ1n) is 10.2. The predicted octanol–water partition coefficient (Wildman–Crippen LogP) is 2.62. The number of benzene rings is 1. The third-order valence-electron chi connectivity index (χ3n) is 5.75. The van der Waals surface area contributed by atoms with Crippen molar-refractivity contribution in [3.05, 3.63) is 29.8 Å². The van der Waals surface area contributed by atoms with Crippen molar-refractivity contribution >= 4 is 5.96 Å². The molecule has 1 aromatic carbocycles. The van der Waals surface area contributed by atoms with Gasteiger partial charge in [0, 0.05) is 38.3 Å². The number of ether oxygens (including phenoxy) is 1. The molecule has 26 heavy (non-hydrogen) atoms. The van der Waals surface area contributed by atoms with Gasteiger partial charge in [-0.15, -0.1) is 0 Å². The zero-order valence-corrected chi connectivity index (χ0v) is 15.9. The van der Waals surface area contributed by atoms with Crippen LogP contribution in [0, 0.1) is 11.8 Å². The van der Waals surface area contributed by atoms with Crippen LogP contribution in [-0.2, 0) is 6.54 Å². The summed E-state index contributed by atoms with van der Waals surface area (Å²) in [5, 5.41) is 6.96. The molecular weight excluding hydrogens is 324 g/mol. The summed E-state index contributed by atoms with van der Waals surface area (Å²) < 4.78 is 6.00. The SMILES string of the molecule is CN=C(NCc1ccccc1OCC1CC1)NCC1CCN(C2CC2)C1. The monoisotopic (exact) mass is 356 g/mol. The number of hydrogen-bond acceptors (Lipinski definition) is 3. The Bertz CT molecular complexity index is 624. The summed E-state index contributed by atoms with van der Waals surface area (Å²) in [6.07, 6.45) is 6.75. The lowest BCUT2D eigenvalue weighted by molar-refractivity contribution is 0.296. The first-order valence-corrected chi connectivity index (χ1v) is 10.2. The van der Waals surface area contributed by atoms with Crippen molar-refractivity contribution in [1.29, 1.82) is 0 Å². The van der Waals surface area contributed by atoms with Gasteiger partial charge in [0.1, 0.15) is 5.75 Å². The Hall–Kier alpha value is -1.75. The van der Waals surface area contributed by atoms with Gasteiger partial charge in [0.2, 0.25) is 0 Å². The maximum absolute atomic E-state index is 6.00. The van der Waals surface area contributed by atoms with E-state index >= 15 is 0 Å². The number of nitrogens with zero attached hydrogens (tertiary/aromatic N) is 2. The van der Waals surface area contributed by atoms with Crippen molar-refractivity contribution in [3.8, 4) is 5.75 Å².